The summed E-state index contributed by atoms with van der Waals surface area (Å²) in [7, 11) is 0. The molecule has 0 spiro atoms. The molecule has 1 atom stereocenters. The Labute approximate surface area is 113 Å². The minimum absolute atomic E-state index is 0.123. The van der Waals surface area contributed by atoms with Gasteiger partial charge in [0.2, 0.25) is 0 Å². The molecule has 0 aliphatic carbocycles. The SMILES string of the molecule is CCCNC(=O)c1cc(NCC2CCCO2)ccn1. The minimum atomic E-state index is -0.123. The van der Waals surface area contributed by atoms with Crippen LogP contribution in [0, 0.1) is 0 Å². The van der Waals surface area contributed by atoms with Crippen molar-refractivity contribution in [3.8, 4) is 0 Å². The number of hydrogen-bond acceptors (Lipinski definition) is 4. The zero-order valence-electron chi connectivity index (χ0n) is 11.3. The van der Waals surface area contributed by atoms with Gasteiger partial charge in [0.05, 0.1) is 6.10 Å². The van der Waals surface area contributed by atoms with Gasteiger partial charge in [-0.2, -0.15) is 0 Å². The van der Waals surface area contributed by atoms with Crippen molar-refractivity contribution in [3.05, 3.63) is 24.0 Å². The maximum Gasteiger partial charge on any atom is 0.269 e. The number of nitrogens with zero attached hydrogens (tertiary/aromatic N) is 1. The van der Waals surface area contributed by atoms with E-state index in [9.17, 15) is 4.79 Å². The van der Waals surface area contributed by atoms with Crippen molar-refractivity contribution in [1.82, 2.24) is 10.3 Å². The summed E-state index contributed by atoms with van der Waals surface area (Å²) in [5.41, 5.74) is 1.36. The van der Waals surface area contributed by atoms with Crippen LogP contribution in [0.3, 0.4) is 0 Å². The van der Waals surface area contributed by atoms with E-state index in [-0.39, 0.29) is 12.0 Å². The summed E-state index contributed by atoms with van der Waals surface area (Å²) < 4.78 is 5.55. The molecule has 1 aromatic heterocycles. The van der Waals surface area contributed by atoms with E-state index in [1.807, 2.05) is 13.0 Å². The van der Waals surface area contributed by atoms with Crippen LogP contribution in [0.25, 0.3) is 0 Å². The third kappa shape index (κ3) is 4.21. The number of aromatic nitrogens is 1. The first-order valence-corrected chi connectivity index (χ1v) is 6.89. The molecule has 0 aromatic carbocycles. The number of amides is 1. The summed E-state index contributed by atoms with van der Waals surface area (Å²) in [6.45, 7) is 4.33. The molecule has 19 heavy (non-hydrogen) atoms. The first-order chi connectivity index (χ1) is 9.29. The average Bonchev–Trinajstić information content (AvgIpc) is 2.96. The molecule has 0 saturated carbocycles. The number of rotatable bonds is 6. The number of pyridine rings is 1. The Hall–Kier alpha value is -1.62. The van der Waals surface area contributed by atoms with Crippen LogP contribution in [0.2, 0.25) is 0 Å². The minimum Gasteiger partial charge on any atom is -0.382 e. The van der Waals surface area contributed by atoms with Gasteiger partial charge in [-0.05, 0) is 31.4 Å². The van der Waals surface area contributed by atoms with E-state index in [4.69, 9.17) is 4.74 Å². The number of ether oxygens (including phenoxy) is 1. The van der Waals surface area contributed by atoms with Gasteiger partial charge in [-0.25, -0.2) is 0 Å². The van der Waals surface area contributed by atoms with Gasteiger partial charge in [0.25, 0.3) is 5.91 Å². The first-order valence-electron chi connectivity index (χ1n) is 6.89. The van der Waals surface area contributed by atoms with Crippen molar-refractivity contribution in [3.63, 3.8) is 0 Å². The highest BCUT2D eigenvalue weighted by atomic mass is 16.5. The lowest BCUT2D eigenvalue weighted by Gasteiger charge is -2.12. The molecule has 5 nitrogen and oxygen atoms in total. The van der Waals surface area contributed by atoms with Gasteiger partial charge in [0.1, 0.15) is 5.69 Å². The van der Waals surface area contributed by atoms with Crippen LogP contribution in [0.4, 0.5) is 5.69 Å². The van der Waals surface area contributed by atoms with Gasteiger partial charge in [0.15, 0.2) is 0 Å². The quantitative estimate of drug-likeness (QED) is 0.821. The Morgan fingerprint density at radius 1 is 1.58 bits per heavy atom. The molecule has 2 heterocycles. The number of hydrogen-bond donors (Lipinski definition) is 2. The zero-order valence-corrected chi connectivity index (χ0v) is 11.3. The van der Waals surface area contributed by atoms with E-state index in [0.29, 0.717) is 12.2 Å². The Balaban J connectivity index is 1.88. The fraction of sp³-hybridized carbons (Fsp3) is 0.571. The molecule has 2 rings (SSSR count). The molecule has 1 aliphatic rings. The number of anilines is 1. The first kappa shape index (κ1) is 13.8. The molecule has 0 bridgehead atoms. The molecule has 2 N–H and O–H groups in total. The normalized spacial score (nSPS) is 18.3. The number of carbonyl (C=O) groups excluding carboxylic acids is 1. The fourth-order valence-electron chi connectivity index (χ4n) is 2.03. The molecule has 1 saturated heterocycles. The summed E-state index contributed by atoms with van der Waals surface area (Å²) in [5, 5.41) is 6.11. The number of nitrogens with one attached hydrogen (secondary N) is 2. The van der Waals surface area contributed by atoms with Gasteiger partial charge in [-0.1, -0.05) is 6.92 Å². The van der Waals surface area contributed by atoms with Gasteiger partial charge < -0.3 is 15.4 Å². The molecule has 1 fully saturated rings. The molecule has 104 valence electrons. The zero-order chi connectivity index (χ0) is 13.5. The van der Waals surface area contributed by atoms with Crippen LogP contribution in [-0.2, 0) is 4.74 Å². The second-order valence-corrected chi connectivity index (χ2v) is 4.70. The third-order valence-electron chi connectivity index (χ3n) is 3.09. The molecular weight excluding hydrogens is 242 g/mol. The Morgan fingerprint density at radius 2 is 2.47 bits per heavy atom. The number of carbonyl (C=O) groups is 1. The van der Waals surface area contributed by atoms with E-state index < -0.39 is 0 Å². The van der Waals surface area contributed by atoms with Crippen LogP contribution >= 0.6 is 0 Å². The summed E-state index contributed by atoms with van der Waals surface area (Å²) in [5.74, 6) is -0.123. The van der Waals surface area contributed by atoms with Gasteiger partial charge in [0, 0.05) is 31.6 Å². The van der Waals surface area contributed by atoms with Crippen LogP contribution in [0.1, 0.15) is 36.7 Å². The Morgan fingerprint density at radius 3 is 3.21 bits per heavy atom. The van der Waals surface area contributed by atoms with Gasteiger partial charge >= 0.3 is 0 Å². The fourth-order valence-corrected chi connectivity index (χ4v) is 2.03. The molecule has 1 aromatic rings. The second kappa shape index (κ2) is 7.09. The average molecular weight is 263 g/mol. The van der Waals surface area contributed by atoms with E-state index in [2.05, 4.69) is 15.6 Å². The topological polar surface area (TPSA) is 63.2 Å². The monoisotopic (exact) mass is 263 g/mol. The van der Waals surface area contributed by atoms with Crippen LogP contribution < -0.4 is 10.6 Å². The van der Waals surface area contributed by atoms with E-state index in [0.717, 1.165) is 38.1 Å². The summed E-state index contributed by atoms with van der Waals surface area (Å²) in [6, 6.07) is 3.64. The maximum atomic E-state index is 11.8. The van der Waals surface area contributed by atoms with Crippen LogP contribution in [-0.4, -0.2) is 36.7 Å². The van der Waals surface area contributed by atoms with Crippen molar-refractivity contribution in [2.24, 2.45) is 0 Å². The van der Waals surface area contributed by atoms with E-state index in [1.54, 1.807) is 12.3 Å². The summed E-state index contributed by atoms with van der Waals surface area (Å²) in [6.07, 6.45) is 5.09. The molecular formula is C14H21N3O2. The standard InChI is InChI=1S/C14H21N3O2/c1-2-6-16-14(18)13-9-11(5-7-15-13)17-10-12-4-3-8-19-12/h5,7,9,12H,2-4,6,8,10H2,1H3,(H,15,17)(H,16,18). The maximum absolute atomic E-state index is 11.8. The van der Waals surface area contributed by atoms with Crippen molar-refractivity contribution in [1.29, 1.82) is 0 Å². The van der Waals surface area contributed by atoms with E-state index >= 15 is 0 Å². The summed E-state index contributed by atoms with van der Waals surface area (Å²) in [4.78, 5) is 15.9. The Kier molecular flexibility index (Phi) is 5.15. The lowest BCUT2D eigenvalue weighted by molar-refractivity contribution is 0.0949. The highest BCUT2D eigenvalue weighted by Crippen LogP contribution is 2.14. The van der Waals surface area contributed by atoms with Gasteiger partial charge in [-0.15, -0.1) is 0 Å². The smallest absolute Gasteiger partial charge is 0.269 e. The summed E-state index contributed by atoms with van der Waals surface area (Å²) >= 11 is 0. The molecule has 1 aliphatic heterocycles. The van der Waals surface area contributed by atoms with Crippen LogP contribution in [0.15, 0.2) is 18.3 Å². The molecule has 0 radical (unpaired) electrons. The van der Waals surface area contributed by atoms with Crippen molar-refractivity contribution < 1.29 is 9.53 Å². The van der Waals surface area contributed by atoms with E-state index in [1.165, 1.54) is 0 Å². The Bertz CT molecular complexity index is 417. The molecule has 1 unspecified atom stereocenters. The van der Waals surface area contributed by atoms with Crippen molar-refractivity contribution in [2.45, 2.75) is 32.3 Å². The lowest BCUT2D eigenvalue weighted by atomic mass is 10.2. The van der Waals surface area contributed by atoms with Crippen molar-refractivity contribution in [2.75, 3.05) is 25.0 Å². The lowest BCUT2D eigenvalue weighted by Crippen LogP contribution is -2.25. The van der Waals surface area contributed by atoms with Gasteiger partial charge in [-0.3, -0.25) is 9.78 Å². The van der Waals surface area contributed by atoms with Crippen LogP contribution in [0.5, 0.6) is 0 Å². The highest BCUT2D eigenvalue weighted by molar-refractivity contribution is 5.93. The predicted octanol–water partition coefficient (Wildman–Crippen LogP) is 1.81. The molecule has 5 heteroatoms. The molecule has 1 amide bonds. The third-order valence-corrected chi connectivity index (χ3v) is 3.09. The largest absolute Gasteiger partial charge is 0.382 e. The predicted molar refractivity (Wildman–Crippen MR) is 74.3 cm³/mol. The highest BCUT2D eigenvalue weighted by Gasteiger charge is 2.15. The van der Waals surface area contributed by atoms with Crippen molar-refractivity contribution >= 4 is 11.6 Å². The second-order valence-electron chi connectivity index (χ2n) is 4.70.